The van der Waals surface area contributed by atoms with Gasteiger partial charge in [-0.2, -0.15) is 22.0 Å². The molecule has 0 saturated carbocycles. The first-order chi connectivity index (χ1) is 9.03. The van der Waals surface area contributed by atoms with Gasteiger partial charge in [0.15, 0.2) is 17.5 Å². The van der Waals surface area contributed by atoms with E-state index in [-0.39, 0.29) is 0 Å². The molecule has 0 spiro atoms. The summed E-state index contributed by atoms with van der Waals surface area (Å²) in [6.07, 6.45) is -5.59. The minimum absolute atomic E-state index is 0.780. The summed E-state index contributed by atoms with van der Waals surface area (Å²) in [6, 6.07) is 0. The summed E-state index contributed by atoms with van der Waals surface area (Å²) in [5, 5.41) is 1.67. The zero-order chi connectivity index (χ0) is 15.8. The Balaban J connectivity index is 3.79. The molecule has 11 heteroatoms. The molecule has 1 atom stereocenters. The normalized spacial score (nSPS) is 13.7. The maximum Gasteiger partial charge on any atom is 0.422 e. The lowest BCUT2D eigenvalue weighted by atomic mass is 10.1. The van der Waals surface area contributed by atoms with Crippen LogP contribution in [0.25, 0.3) is 0 Å². The molecule has 0 aliphatic rings. The molecule has 1 N–H and O–H groups in total. The standard InChI is InChI=1S/C9H5F8NOS/c1-18-6-4(11)2(9(15,16)17)3(10)5(12)7(6)20(19)8(13)14/h8,18H,1H3. The number of hydrogen-bond acceptors (Lipinski definition) is 2. The number of benzene rings is 1. The van der Waals surface area contributed by atoms with Gasteiger partial charge in [0.05, 0.1) is 5.69 Å². The molecule has 1 unspecified atom stereocenters. The Bertz CT molecular complexity index is 556. The Hall–Kier alpha value is -1.39. The van der Waals surface area contributed by atoms with Gasteiger partial charge in [-0.1, -0.05) is 0 Å². The van der Waals surface area contributed by atoms with Gasteiger partial charge in [-0.15, -0.1) is 0 Å². The largest absolute Gasteiger partial charge is 0.422 e. The van der Waals surface area contributed by atoms with Crippen LogP contribution in [0.2, 0.25) is 0 Å². The summed E-state index contributed by atoms with van der Waals surface area (Å²) >= 11 is 0. The topological polar surface area (TPSA) is 29.1 Å². The lowest BCUT2D eigenvalue weighted by molar-refractivity contribution is -0.142. The fraction of sp³-hybridized carbons (Fsp3) is 0.333. The van der Waals surface area contributed by atoms with E-state index in [9.17, 15) is 39.3 Å². The summed E-state index contributed by atoms with van der Waals surface area (Å²) in [5.74, 6) is -11.2. The lowest BCUT2D eigenvalue weighted by Gasteiger charge is -2.16. The average molecular weight is 327 g/mol. The van der Waals surface area contributed by atoms with Crippen LogP contribution in [-0.4, -0.2) is 17.0 Å². The van der Waals surface area contributed by atoms with Crippen molar-refractivity contribution in [3.05, 3.63) is 23.0 Å². The van der Waals surface area contributed by atoms with Crippen molar-refractivity contribution in [3.63, 3.8) is 0 Å². The predicted octanol–water partition coefficient (Wildman–Crippen LogP) is 3.49. The minimum atomic E-state index is -5.59. The first kappa shape index (κ1) is 16.7. The fourth-order valence-corrected chi connectivity index (χ4v) is 2.23. The number of nitrogens with one attached hydrogen (secondary N) is 1. The Labute approximate surface area is 109 Å². The van der Waals surface area contributed by atoms with E-state index < -0.39 is 56.3 Å². The zero-order valence-electron chi connectivity index (χ0n) is 9.42. The Morgan fingerprint density at radius 3 is 1.90 bits per heavy atom. The van der Waals surface area contributed by atoms with Crippen LogP contribution in [0.5, 0.6) is 0 Å². The van der Waals surface area contributed by atoms with Crippen LogP contribution < -0.4 is 5.32 Å². The number of halogens is 8. The zero-order valence-corrected chi connectivity index (χ0v) is 10.2. The molecule has 0 aliphatic carbocycles. The van der Waals surface area contributed by atoms with Crippen molar-refractivity contribution < 1.29 is 39.3 Å². The van der Waals surface area contributed by atoms with Crippen LogP contribution in [-0.2, 0) is 17.0 Å². The highest BCUT2D eigenvalue weighted by atomic mass is 32.2. The molecular formula is C9H5F8NOS. The SMILES string of the molecule is CNc1c(F)c(C(F)(F)F)c(F)c(F)c1S(=O)C(F)F. The second-order valence-corrected chi connectivity index (χ2v) is 4.69. The molecule has 114 valence electrons. The van der Waals surface area contributed by atoms with Crippen molar-refractivity contribution in [2.24, 2.45) is 0 Å². The molecular weight excluding hydrogens is 322 g/mol. The first-order valence-corrected chi connectivity index (χ1v) is 5.89. The van der Waals surface area contributed by atoms with E-state index in [0.717, 1.165) is 7.05 Å². The van der Waals surface area contributed by atoms with E-state index >= 15 is 0 Å². The second kappa shape index (κ2) is 5.54. The summed E-state index contributed by atoms with van der Waals surface area (Å²) in [5.41, 5.74) is -4.02. The van der Waals surface area contributed by atoms with Gasteiger partial charge in [-0.25, -0.2) is 17.4 Å². The van der Waals surface area contributed by atoms with Crippen molar-refractivity contribution in [1.29, 1.82) is 0 Å². The van der Waals surface area contributed by atoms with E-state index in [1.54, 1.807) is 5.32 Å². The van der Waals surface area contributed by atoms with E-state index in [1.807, 2.05) is 0 Å². The first-order valence-electron chi connectivity index (χ1n) is 4.68. The van der Waals surface area contributed by atoms with Crippen molar-refractivity contribution in [2.45, 2.75) is 16.8 Å². The van der Waals surface area contributed by atoms with Gasteiger partial charge in [-0.05, 0) is 0 Å². The molecule has 0 aliphatic heterocycles. The Morgan fingerprint density at radius 2 is 1.55 bits per heavy atom. The highest BCUT2D eigenvalue weighted by molar-refractivity contribution is 7.85. The monoisotopic (exact) mass is 327 g/mol. The highest BCUT2D eigenvalue weighted by Crippen LogP contribution is 2.40. The summed E-state index contributed by atoms with van der Waals surface area (Å²) in [6.45, 7) is 0. The average Bonchev–Trinajstić information content (AvgIpc) is 2.30. The molecule has 0 fully saturated rings. The predicted molar refractivity (Wildman–Crippen MR) is 53.3 cm³/mol. The number of anilines is 1. The highest BCUT2D eigenvalue weighted by Gasteiger charge is 2.43. The molecule has 1 rings (SSSR count). The van der Waals surface area contributed by atoms with Crippen molar-refractivity contribution in [2.75, 3.05) is 12.4 Å². The van der Waals surface area contributed by atoms with Gasteiger partial charge in [-0.3, -0.25) is 0 Å². The van der Waals surface area contributed by atoms with Gasteiger partial charge < -0.3 is 5.32 Å². The Kier molecular flexibility index (Phi) is 4.62. The molecule has 0 bridgehead atoms. The smallest absolute Gasteiger partial charge is 0.385 e. The van der Waals surface area contributed by atoms with Crippen molar-refractivity contribution in [3.8, 4) is 0 Å². The third-order valence-corrected chi connectivity index (χ3v) is 3.28. The van der Waals surface area contributed by atoms with Crippen LogP contribution in [0.3, 0.4) is 0 Å². The molecule has 0 radical (unpaired) electrons. The van der Waals surface area contributed by atoms with Crippen molar-refractivity contribution in [1.82, 2.24) is 0 Å². The fourth-order valence-electron chi connectivity index (χ4n) is 1.39. The van der Waals surface area contributed by atoms with Gasteiger partial charge in [0, 0.05) is 7.05 Å². The van der Waals surface area contributed by atoms with Gasteiger partial charge in [0.2, 0.25) is 0 Å². The second-order valence-electron chi connectivity index (χ2n) is 3.33. The van der Waals surface area contributed by atoms with E-state index in [2.05, 4.69) is 0 Å². The van der Waals surface area contributed by atoms with Gasteiger partial charge in [0.25, 0.3) is 0 Å². The maximum atomic E-state index is 13.5. The molecule has 0 saturated heterocycles. The van der Waals surface area contributed by atoms with E-state index in [0.29, 0.717) is 0 Å². The van der Waals surface area contributed by atoms with E-state index in [4.69, 9.17) is 0 Å². The van der Waals surface area contributed by atoms with Gasteiger partial charge >= 0.3 is 11.9 Å². The van der Waals surface area contributed by atoms with Crippen LogP contribution in [0.1, 0.15) is 5.56 Å². The van der Waals surface area contributed by atoms with Crippen LogP contribution in [0.4, 0.5) is 40.8 Å². The molecule has 2 nitrogen and oxygen atoms in total. The molecule has 0 amide bonds. The van der Waals surface area contributed by atoms with Gasteiger partial charge in [0.1, 0.15) is 21.3 Å². The number of rotatable bonds is 3. The summed E-state index contributed by atoms with van der Waals surface area (Å²) < 4.78 is 113. The summed E-state index contributed by atoms with van der Waals surface area (Å²) in [7, 11) is -2.75. The Morgan fingerprint density at radius 1 is 1.05 bits per heavy atom. The third kappa shape index (κ3) is 2.72. The van der Waals surface area contributed by atoms with Crippen LogP contribution in [0, 0.1) is 17.5 Å². The summed E-state index contributed by atoms with van der Waals surface area (Å²) in [4.78, 5) is -1.69. The minimum Gasteiger partial charge on any atom is -0.385 e. The van der Waals surface area contributed by atoms with Crippen LogP contribution in [0.15, 0.2) is 4.90 Å². The molecule has 20 heavy (non-hydrogen) atoms. The molecule has 0 aromatic heterocycles. The molecule has 1 aromatic carbocycles. The lowest BCUT2D eigenvalue weighted by Crippen LogP contribution is -2.19. The molecule has 0 heterocycles. The molecule has 1 aromatic rings. The van der Waals surface area contributed by atoms with Crippen LogP contribution >= 0.6 is 0 Å². The van der Waals surface area contributed by atoms with Crippen molar-refractivity contribution >= 4 is 16.5 Å². The maximum absolute atomic E-state index is 13.5. The number of hydrogen-bond donors (Lipinski definition) is 1. The number of alkyl halides is 5. The van der Waals surface area contributed by atoms with E-state index in [1.165, 1.54) is 0 Å². The third-order valence-electron chi connectivity index (χ3n) is 2.17. The quantitative estimate of drug-likeness (QED) is 0.680.